The number of β-amino-alcohol motifs (C(OH)–C–C–N with tert-alkyl or cyclic N) is 1. The molecular weight excluding hydrogens is 295 g/mol. The largest absolute Gasteiger partial charge is 0.392 e. The molecule has 1 fully saturated rings. The van der Waals surface area contributed by atoms with Gasteiger partial charge in [-0.2, -0.15) is 0 Å². The highest BCUT2D eigenvalue weighted by Crippen LogP contribution is 2.20. The third-order valence-corrected chi connectivity index (χ3v) is 4.07. The zero-order valence-electron chi connectivity index (χ0n) is 12.1. The fourth-order valence-corrected chi connectivity index (χ4v) is 2.64. The van der Waals surface area contributed by atoms with Crippen molar-refractivity contribution in [3.63, 3.8) is 0 Å². The number of hydrogen-bond donors (Lipinski definition) is 1. The summed E-state index contributed by atoms with van der Waals surface area (Å²) in [4.78, 5) is 16.2. The molecule has 0 bridgehead atoms. The van der Waals surface area contributed by atoms with Gasteiger partial charge in [-0.1, -0.05) is 18.5 Å². The second-order valence-corrected chi connectivity index (χ2v) is 5.69. The van der Waals surface area contributed by atoms with Crippen LogP contribution in [-0.2, 0) is 0 Å². The van der Waals surface area contributed by atoms with Crippen molar-refractivity contribution in [1.29, 1.82) is 0 Å². The Hall–Kier alpha value is -1.17. The Labute approximate surface area is 129 Å². The molecule has 6 heteroatoms. The summed E-state index contributed by atoms with van der Waals surface area (Å²) >= 11 is 5.93. The van der Waals surface area contributed by atoms with Gasteiger partial charge in [-0.05, 0) is 24.6 Å². The third-order valence-electron chi connectivity index (χ3n) is 3.76. The molecule has 1 aliphatic rings. The Morgan fingerprint density at radius 1 is 1.38 bits per heavy atom. The van der Waals surface area contributed by atoms with Crippen LogP contribution < -0.4 is 0 Å². The van der Waals surface area contributed by atoms with Crippen molar-refractivity contribution in [2.75, 3.05) is 32.7 Å². The molecule has 0 aromatic heterocycles. The SMILES string of the molecule is CC[C@@H](O)CN1CCN(C(=O)c2ccc(F)cc2Cl)CC1. The standard InChI is InChI=1S/C15H20ClFN2O2/c1-2-12(20)10-18-5-7-19(8-6-18)15(21)13-4-3-11(17)9-14(13)16/h3-4,9,12,20H,2,5-8,10H2,1H3/t12-/m1/s1. The number of carbonyl (C=O) groups is 1. The van der Waals surface area contributed by atoms with E-state index in [1.54, 1.807) is 4.90 Å². The number of hydrogen-bond acceptors (Lipinski definition) is 3. The van der Waals surface area contributed by atoms with Crippen molar-refractivity contribution in [3.05, 3.63) is 34.6 Å². The summed E-state index contributed by atoms with van der Waals surface area (Å²) in [6.07, 6.45) is 0.406. The number of piperazine rings is 1. The number of aliphatic hydroxyl groups excluding tert-OH is 1. The first-order valence-electron chi connectivity index (χ1n) is 7.16. The van der Waals surface area contributed by atoms with Crippen LogP contribution in [0.5, 0.6) is 0 Å². The lowest BCUT2D eigenvalue weighted by Crippen LogP contribution is -2.50. The molecule has 1 atom stereocenters. The van der Waals surface area contributed by atoms with E-state index in [0.717, 1.165) is 25.6 Å². The Bertz CT molecular complexity index is 504. The summed E-state index contributed by atoms with van der Waals surface area (Å²) in [6.45, 7) is 5.20. The van der Waals surface area contributed by atoms with Crippen molar-refractivity contribution in [2.24, 2.45) is 0 Å². The maximum absolute atomic E-state index is 13.0. The highest BCUT2D eigenvalue weighted by atomic mass is 35.5. The van der Waals surface area contributed by atoms with Gasteiger partial charge in [0.15, 0.2) is 0 Å². The Morgan fingerprint density at radius 3 is 2.62 bits per heavy atom. The van der Waals surface area contributed by atoms with E-state index < -0.39 is 5.82 Å². The molecule has 2 rings (SSSR count). The number of halogens is 2. The van der Waals surface area contributed by atoms with Crippen LogP contribution >= 0.6 is 11.6 Å². The lowest BCUT2D eigenvalue weighted by Gasteiger charge is -2.35. The Balaban J connectivity index is 1.94. The van der Waals surface area contributed by atoms with Gasteiger partial charge in [0.05, 0.1) is 16.7 Å². The fraction of sp³-hybridized carbons (Fsp3) is 0.533. The van der Waals surface area contributed by atoms with Crippen LogP contribution in [0.15, 0.2) is 18.2 Å². The van der Waals surface area contributed by atoms with E-state index in [-0.39, 0.29) is 17.0 Å². The van der Waals surface area contributed by atoms with Gasteiger partial charge in [0.25, 0.3) is 5.91 Å². The Morgan fingerprint density at radius 2 is 2.05 bits per heavy atom. The molecule has 1 aliphatic heterocycles. The number of rotatable bonds is 4. The second kappa shape index (κ2) is 7.20. The average Bonchev–Trinajstić information content (AvgIpc) is 2.47. The number of benzene rings is 1. The van der Waals surface area contributed by atoms with Crippen molar-refractivity contribution in [3.8, 4) is 0 Å². The van der Waals surface area contributed by atoms with Crippen LogP contribution in [0.4, 0.5) is 4.39 Å². The summed E-state index contributed by atoms with van der Waals surface area (Å²) in [5.74, 6) is -0.620. The highest BCUT2D eigenvalue weighted by molar-refractivity contribution is 6.33. The number of nitrogens with zero attached hydrogens (tertiary/aromatic N) is 2. The monoisotopic (exact) mass is 314 g/mol. The number of aliphatic hydroxyl groups is 1. The zero-order valence-corrected chi connectivity index (χ0v) is 12.8. The van der Waals surface area contributed by atoms with E-state index in [1.807, 2.05) is 6.92 Å². The van der Waals surface area contributed by atoms with E-state index in [2.05, 4.69) is 4.90 Å². The van der Waals surface area contributed by atoms with E-state index in [0.29, 0.717) is 25.2 Å². The molecule has 0 spiro atoms. The van der Waals surface area contributed by atoms with E-state index in [9.17, 15) is 14.3 Å². The van der Waals surface area contributed by atoms with Crippen LogP contribution in [0, 0.1) is 5.82 Å². The quantitative estimate of drug-likeness (QED) is 0.924. The molecule has 0 radical (unpaired) electrons. The topological polar surface area (TPSA) is 43.8 Å². The first kappa shape index (κ1) is 16.2. The maximum Gasteiger partial charge on any atom is 0.255 e. The molecule has 116 valence electrons. The number of amides is 1. The van der Waals surface area contributed by atoms with Crippen molar-refractivity contribution >= 4 is 17.5 Å². The average molecular weight is 315 g/mol. The Kier molecular flexibility index (Phi) is 5.56. The van der Waals surface area contributed by atoms with Gasteiger partial charge in [-0.3, -0.25) is 9.69 Å². The minimum absolute atomic E-state index is 0.142. The molecular formula is C15H20ClFN2O2. The van der Waals surface area contributed by atoms with Crippen LogP contribution in [0.1, 0.15) is 23.7 Å². The van der Waals surface area contributed by atoms with E-state index >= 15 is 0 Å². The predicted molar refractivity (Wildman–Crippen MR) is 80.1 cm³/mol. The van der Waals surface area contributed by atoms with Crippen LogP contribution in [0.3, 0.4) is 0 Å². The zero-order chi connectivity index (χ0) is 15.4. The molecule has 0 unspecified atom stereocenters. The highest BCUT2D eigenvalue weighted by Gasteiger charge is 2.24. The van der Waals surface area contributed by atoms with Gasteiger partial charge in [-0.15, -0.1) is 0 Å². The second-order valence-electron chi connectivity index (χ2n) is 5.28. The summed E-state index contributed by atoms with van der Waals surface area (Å²) in [6, 6.07) is 3.82. The normalized spacial score (nSPS) is 17.8. The van der Waals surface area contributed by atoms with Gasteiger partial charge in [0.1, 0.15) is 5.82 Å². The van der Waals surface area contributed by atoms with Crippen molar-refractivity contribution < 1.29 is 14.3 Å². The van der Waals surface area contributed by atoms with Crippen molar-refractivity contribution in [1.82, 2.24) is 9.80 Å². The smallest absolute Gasteiger partial charge is 0.255 e. The van der Waals surface area contributed by atoms with Crippen LogP contribution in [0.25, 0.3) is 0 Å². The van der Waals surface area contributed by atoms with Gasteiger partial charge < -0.3 is 10.0 Å². The number of carbonyl (C=O) groups excluding carboxylic acids is 1. The maximum atomic E-state index is 13.0. The molecule has 1 heterocycles. The first-order chi connectivity index (χ1) is 10.0. The summed E-state index contributed by atoms with van der Waals surface area (Å²) in [5, 5.41) is 9.79. The lowest BCUT2D eigenvalue weighted by molar-refractivity contribution is 0.0524. The van der Waals surface area contributed by atoms with Gasteiger partial charge in [0.2, 0.25) is 0 Å². The first-order valence-corrected chi connectivity index (χ1v) is 7.53. The minimum atomic E-state index is -0.449. The lowest BCUT2D eigenvalue weighted by atomic mass is 10.1. The predicted octanol–water partition coefficient (Wildman–Crippen LogP) is 2.01. The third kappa shape index (κ3) is 4.15. The molecule has 0 aliphatic carbocycles. The van der Waals surface area contributed by atoms with Crippen molar-refractivity contribution in [2.45, 2.75) is 19.4 Å². The fourth-order valence-electron chi connectivity index (χ4n) is 2.39. The molecule has 4 nitrogen and oxygen atoms in total. The van der Waals surface area contributed by atoms with Gasteiger partial charge in [-0.25, -0.2) is 4.39 Å². The molecule has 1 aromatic carbocycles. The van der Waals surface area contributed by atoms with Gasteiger partial charge >= 0.3 is 0 Å². The molecule has 1 amide bonds. The van der Waals surface area contributed by atoms with Crippen LogP contribution in [-0.4, -0.2) is 59.6 Å². The summed E-state index contributed by atoms with van der Waals surface area (Å²) in [5.41, 5.74) is 0.333. The molecule has 1 N–H and O–H groups in total. The molecule has 0 saturated carbocycles. The van der Waals surface area contributed by atoms with E-state index in [1.165, 1.54) is 12.1 Å². The molecule has 1 saturated heterocycles. The summed E-state index contributed by atoms with van der Waals surface area (Å²) in [7, 11) is 0. The van der Waals surface area contributed by atoms with Crippen LogP contribution in [0.2, 0.25) is 5.02 Å². The van der Waals surface area contributed by atoms with Gasteiger partial charge in [0, 0.05) is 32.7 Å². The summed E-state index contributed by atoms with van der Waals surface area (Å²) < 4.78 is 13.0. The molecule has 1 aromatic rings. The molecule has 21 heavy (non-hydrogen) atoms. The minimum Gasteiger partial charge on any atom is -0.392 e. The van der Waals surface area contributed by atoms with E-state index in [4.69, 9.17) is 11.6 Å².